The first-order chi connectivity index (χ1) is 11.7. The lowest BCUT2D eigenvalue weighted by molar-refractivity contribution is 0.447. The molecule has 7 nitrogen and oxygen atoms in total. The first kappa shape index (κ1) is 16.3. The van der Waals surface area contributed by atoms with Crippen LogP contribution in [0.3, 0.4) is 0 Å². The number of tetrazole rings is 1. The molecule has 8 heteroatoms. The molecule has 2 aromatic rings. The number of nitriles is 1. The second-order valence-electron chi connectivity index (χ2n) is 5.90. The number of nitrogens with zero attached hydrogens (tertiary/aromatic N) is 5. The summed E-state index contributed by atoms with van der Waals surface area (Å²) in [7, 11) is 0. The van der Waals surface area contributed by atoms with E-state index in [1.54, 1.807) is 6.20 Å². The van der Waals surface area contributed by atoms with Gasteiger partial charge in [0.15, 0.2) is 0 Å². The van der Waals surface area contributed by atoms with Crippen LogP contribution >= 0.6 is 11.6 Å². The molecule has 1 aliphatic heterocycles. The van der Waals surface area contributed by atoms with Gasteiger partial charge in [-0.15, -0.1) is 10.2 Å². The van der Waals surface area contributed by atoms with Gasteiger partial charge >= 0.3 is 0 Å². The lowest BCUT2D eigenvalue weighted by Crippen LogP contribution is -2.34. The Morgan fingerprint density at radius 2 is 2.42 bits per heavy atom. The summed E-state index contributed by atoms with van der Waals surface area (Å²) >= 11 is 6.15. The van der Waals surface area contributed by atoms with Crippen LogP contribution in [-0.2, 0) is 0 Å². The van der Waals surface area contributed by atoms with E-state index in [9.17, 15) is 5.26 Å². The molecule has 1 fully saturated rings. The molecule has 2 N–H and O–H groups in total. The van der Waals surface area contributed by atoms with E-state index in [2.05, 4.69) is 43.8 Å². The fourth-order valence-electron chi connectivity index (χ4n) is 2.88. The number of benzene rings is 1. The molecule has 1 aromatic heterocycles. The monoisotopic (exact) mass is 343 g/mol. The average Bonchev–Trinajstić information content (AvgIpc) is 3.10. The van der Waals surface area contributed by atoms with Crippen molar-refractivity contribution in [3.05, 3.63) is 35.2 Å². The van der Waals surface area contributed by atoms with Crippen LogP contribution in [0.2, 0.25) is 5.02 Å². The third-order valence-electron chi connectivity index (χ3n) is 4.04. The molecule has 124 valence electrons. The van der Waals surface area contributed by atoms with Crippen molar-refractivity contribution in [3.63, 3.8) is 0 Å². The highest BCUT2D eigenvalue weighted by Crippen LogP contribution is 2.32. The van der Waals surface area contributed by atoms with Gasteiger partial charge in [0.2, 0.25) is 5.82 Å². The van der Waals surface area contributed by atoms with Gasteiger partial charge in [-0.3, -0.25) is 0 Å². The standard InChI is InChI=1S/C16H18ClN7/c1-11-3-2-6-24(10-11)15-5-4-13(17)7-14(15)19-9-12(8-18)16-20-22-23-21-16/h4-5,7,9,11,19H,2-3,6,10H2,1H3,(H,20,21,22,23). The summed E-state index contributed by atoms with van der Waals surface area (Å²) in [6.45, 7) is 4.29. The number of halogens is 1. The minimum absolute atomic E-state index is 0.250. The van der Waals surface area contributed by atoms with E-state index in [4.69, 9.17) is 11.6 Å². The third kappa shape index (κ3) is 3.66. The lowest BCUT2D eigenvalue weighted by Gasteiger charge is -2.34. The zero-order valence-electron chi connectivity index (χ0n) is 13.3. The van der Waals surface area contributed by atoms with Gasteiger partial charge in [-0.2, -0.15) is 10.5 Å². The Morgan fingerprint density at radius 1 is 1.54 bits per heavy atom. The van der Waals surface area contributed by atoms with E-state index >= 15 is 0 Å². The van der Waals surface area contributed by atoms with E-state index in [0.29, 0.717) is 16.5 Å². The number of aromatic nitrogens is 4. The summed E-state index contributed by atoms with van der Waals surface area (Å²) in [5.41, 5.74) is 2.22. The number of H-pyrrole nitrogens is 1. The molecule has 0 radical (unpaired) electrons. The Balaban J connectivity index is 1.87. The molecule has 0 saturated carbocycles. The molecule has 1 aliphatic rings. The van der Waals surface area contributed by atoms with Gasteiger partial charge in [0.25, 0.3) is 0 Å². The van der Waals surface area contributed by atoms with Crippen LogP contribution in [-0.4, -0.2) is 33.7 Å². The molecule has 1 saturated heterocycles. The van der Waals surface area contributed by atoms with Gasteiger partial charge in [-0.05, 0) is 42.2 Å². The molecule has 1 atom stereocenters. The van der Waals surface area contributed by atoms with Crippen LogP contribution in [0.4, 0.5) is 11.4 Å². The van der Waals surface area contributed by atoms with Gasteiger partial charge in [-0.25, -0.2) is 0 Å². The van der Waals surface area contributed by atoms with Crippen molar-refractivity contribution in [2.45, 2.75) is 19.8 Å². The van der Waals surface area contributed by atoms with Crippen LogP contribution in [0.1, 0.15) is 25.6 Å². The van der Waals surface area contributed by atoms with Crippen molar-refractivity contribution in [3.8, 4) is 6.07 Å². The number of allylic oxidation sites excluding steroid dienone is 1. The molecule has 2 heterocycles. The Morgan fingerprint density at radius 3 is 3.12 bits per heavy atom. The van der Waals surface area contributed by atoms with Crippen molar-refractivity contribution in [2.75, 3.05) is 23.3 Å². The Hall–Kier alpha value is -2.59. The van der Waals surface area contributed by atoms with Crippen LogP contribution in [0, 0.1) is 17.2 Å². The van der Waals surface area contributed by atoms with E-state index in [1.165, 1.54) is 12.8 Å². The molecule has 24 heavy (non-hydrogen) atoms. The highest BCUT2D eigenvalue weighted by atomic mass is 35.5. The summed E-state index contributed by atoms with van der Waals surface area (Å²) in [5.74, 6) is 0.909. The van der Waals surface area contributed by atoms with E-state index in [-0.39, 0.29) is 5.82 Å². The maximum Gasteiger partial charge on any atom is 0.216 e. The molecule has 3 rings (SSSR count). The van der Waals surface area contributed by atoms with Crippen LogP contribution < -0.4 is 10.2 Å². The molecular weight excluding hydrogens is 326 g/mol. The van der Waals surface area contributed by atoms with Crippen molar-refractivity contribution in [2.24, 2.45) is 5.92 Å². The average molecular weight is 344 g/mol. The number of piperidine rings is 1. The number of nitrogens with one attached hydrogen (secondary N) is 2. The quantitative estimate of drug-likeness (QED) is 0.829. The van der Waals surface area contributed by atoms with Gasteiger partial charge in [0.1, 0.15) is 11.6 Å². The fraction of sp³-hybridized carbons (Fsp3) is 0.375. The summed E-state index contributed by atoms with van der Waals surface area (Å²) in [5, 5.41) is 26.5. The highest BCUT2D eigenvalue weighted by molar-refractivity contribution is 6.31. The van der Waals surface area contributed by atoms with E-state index < -0.39 is 0 Å². The van der Waals surface area contributed by atoms with Crippen molar-refractivity contribution < 1.29 is 0 Å². The molecule has 0 aliphatic carbocycles. The Kier molecular flexibility index (Phi) is 4.96. The van der Waals surface area contributed by atoms with Gasteiger partial charge in [-0.1, -0.05) is 18.5 Å². The fourth-order valence-corrected chi connectivity index (χ4v) is 3.05. The molecule has 1 aromatic carbocycles. The highest BCUT2D eigenvalue weighted by Gasteiger charge is 2.19. The van der Waals surface area contributed by atoms with Gasteiger partial charge in [0.05, 0.1) is 11.4 Å². The predicted octanol–water partition coefficient (Wildman–Crippen LogP) is 3.07. The number of hydrogen-bond acceptors (Lipinski definition) is 6. The number of aromatic amines is 1. The summed E-state index contributed by atoms with van der Waals surface area (Å²) in [6, 6.07) is 7.82. The Bertz CT molecular complexity index is 763. The third-order valence-corrected chi connectivity index (χ3v) is 4.27. The second-order valence-corrected chi connectivity index (χ2v) is 6.34. The molecule has 1 unspecified atom stereocenters. The van der Waals surface area contributed by atoms with Crippen LogP contribution in [0.15, 0.2) is 24.4 Å². The summed E-state index contributed by atoms with van der Waals surface area (Å²) < 4.78 is 0. The minimum atomic E-state index is 0.250. The van der Waals surface area contributed by atoms with Crippen LogP contribution in [0.5, 0.6) is 0 Å². The van der Waals surface area contributed by atoms with Crippen molar-refractivity contribution in [1.29, 1.82) is 5.26 Å². The number of rotatable bonds is 4. The largest absolute Gasteiger partial charge is 0.370 e. The molecule has 0 amide bonds. The van der Waals surface area contributed by atoms with Crippen LogP contribution in [0.25, 0.3) is 5.57 Å². The molecule has 0 spiro atoms. The second kappa shape index (κ2) is 7.32. The molecular formula is C16H18ClN7. The number of hydrogen-bond donors (Lipinski definition) is 2. The SMILES string of the molecule is CC1CCCN(c2ccc(Cl)cc2NC=C(C#N)c2nn[nH]n2)C1. The summed E-state index contributed by atoms with van der Waals surface area (Å²) in [4.78, 5) is 2.35. The van der Waals surface area contributed by atoms with Gasteiger partial charge < -0.3 is 10.2 Å². The topological polar surface area (TPSA) is 93.5 Å². The predicted molar refractivity (Wildman–Crippen MR) is 93.5 cm³/mol. The zero-order chi connectivity index (χ0) is 16.9. The first-order valence-electron chi connectivity index (χ1n) is 7.82. The van der Waals surface area contributed by atoms with E-state index in [0.717, 1.165) is 24.5 Å². The number of anilines is 2. The van der Waals surface area contributed by atoms with Gasteiger partial charge in [0, 0.05) is 24.3 Å². The first-order valence-corrected chi connectivity index (χ1v) is 8.20. The van der Waals surface area contributed by atoms with Crippen molar-refractivity contribution in [1.82, 2.24) is 20.6 Å². The smallest absolute Gasteiger partial charge is 0.216 e. The Labute approximate surface area is 145 Å². The minimum Gasteiger partial charge on any atom is -0.370 e. The summed E-state index contributed by atoms with van der Waals surface area (Å²) in [6.07, 6.45) is 4.00. The maximum atomic E-state index is 9.27. The zero-order valence-corrected chi connectivity index (χ0v) is 14.1. The lowest BCUT2D eigenvalue weighted by atomic mass is 9.99. The maximum absolute atomic E-state index is 9.27. The normalized spacial score (nSPS) is 18.3. The van der Waals surface area contributed by atoms with Crippen molar-refractivity contribution >= 4 is 28.5 Å². The van der Waals surface area contributed by atoms with E-state index in [1.807, 2.05) is 18.2 Å². The molecule has 0 bridgehead atoms.